The van der Waals surface area contributed by atoms with Crippen LogP contribution in [0.15, 0.2) is 30.3 Å². The van der Waals surface area contributed by atoms with Gasteiger partial charge in [-0.15, -0.1) is 0 Å². The Labute approximate surface area is 189 Å². The topological polar surface area (TPSA) is 129 Å². The quantitative estimate of drug-likeness (QED) is 0.416. The summed E-state index contributed by atoms with van der Waals surface area (Å²) < 4.78 is 30.5. The summed E-state index contributed by atoms with van der Waals surface area (Å²) in [6.07, 6.45) is 1.41. The lowest BCUT2D eigenvalue weighted by Crippen LogP contribution is -2.37. The van der Waals surface area contributed by atoms with E-state index < -0.39 is 10.6 Å². The smallest absolute Gasteiger partial charge is 0.319 e. The number of ether oxygens (including phenoxy) is 2. The number of nitrogens with one attached hydrogen (secondary N) is 2. The molecule has 1 saturated heterocycles. The van der Waals surface area contributed by atoms with Crippen LogP contribution in [-0.4, -0.2) is 77.4 Å². The van der Waals surface area contributed by atoms with Crippen molar-refractivity contribution in [3.63, 3.8) is 0 Å². The highest BCUT2D eigenvalue weighted by molar-refractivity contribution is 8.23. The first-order valence-corrected chi connectivity index (χ1v) is 12.6. The van der Waals surface area contributed by atoms with Gasteiger partial charge < -0.3 is 25.0 Å². The summed E-state index contributed by atoms with van der Waals surface area (Å²) in [5, 5.41) is 5.50. The largest absolute Gasteiger partial charge is 0.380 e. The summed E-state index contributed by atoms with van der Waals surface area (Å²) >= 11 is 0. The van der Waals surface area contributed by atoms with Crippen molar-refractivity contribution < 1.29 is 23.4 Å². The Morgan fingerprint density at radius 2 is 1.94 bits per heavy atom. The zero-order chi connectivity index (χ0) is 23.0. The van der Waals surface area contributed by atoms with Crippen molar-refractivity contribution in [2.75, 3.05) is 62.5 Å². The van der Waals surface area contributed by atoms with Crippen molar-refractivity contribution in [1.29, 1.82) is 0 Å². The molecule has 2 amide bonds. The third-order valence-corrected chi connectivity index (χ3v) is 5.50. The van der Waals surface area contributed by atoms with Crippen LogP contribution in [-0.2, 0) is 15.2 Å². The van der Waals surface area contributed by atoms with E-state index in [9.17, 15) is 13.9 Å². The molecule has 1 fully saturated rings. The van der Waals surface area contributed by atoms with E-state index in [1.54, 1.807) is 18.2 Å². The van der Waals surface area contributed by atoms with Gasteiger partial charge in [-0.1, -0.05) is 0 Å². The van der Waals surface area contributed by atoms with Crippen LogP contribution < -0.4 is 15.5 Å². The van der Waals surface area contributed by atoms with Crippen LogP contribution in [0.5, 0.6) is 0 Å². The molecule has 2 aromatic rings. The molecule has 10 nitrogen and oxygen atoms in total. The lowest BCUT2D eigenvalue weighted by atomic mass is 10.2. The number of hydrogen-bond donors (Lipinski definition) is 4. The van der Waals surface area contributed by atoms with Gasteiger partial charge in [-0.05, 0) is 31.2 Å². The molecule has 0 radical (unpaired) electrons. The maximum absolute atomic E-state index is 12.0. The average Bonchev–Trinajstić information content (AvgIpc) is 2.76. The van der Waals surface area contributed by atoms with Crippen molar-refractivity contribution in [2.24, 2.45) is 0 Å². The summed E-state index contributed by atoms with van der Waals surface area (Å²) in [5.74, 6) is 1.27. The number of nitrogens with zero attached hydrogens (tertiary/aromatic N) is 3. The second kappa shape index (κ2) is 11.4. The number of aromatic nitrogens is 2. The zero-order valence-electron chi connectivity index (χ0n) is 18.4. The number of rotatable bonds is 9. The highest BCUT2D eigenvalue weighted by atomic mass is 32.3. The van der Waals surface area contributed by atoms with E-state index in [1.165, 1.54) is 6.26 Å². The minimum Gasteiger partial charge on any atom is -0.380 e. The number of anilines is 2. The molecule has 1 aromatic heterocycles. The van der Waals surface area contributed by atoms with Crippen LogP contribution in [0.25, 0.3) is 11.4 Å². The number of morpholine rings is 1. The fourth-order valence-corrected chi connectivity index (χ4v) is 3.89. The maximum Gasteiger partial charge on any atom is 0.319 e. The van der Waals surface area contributed by atoms with Gasteiger partial charge in [-0.3, -0.25) is 9.11 Å². The minimum absolute atomic E-state index is 0.0570. The molecule has 0 bridgehead atoms. The van der Waals surface area contributed by atoms with E-state index in [4.69, 9.17) is 14.5 Å². The second-order valence-electron chi connectivity index (χ2n) is 7.43. The van der Waals surface area contributed by atoms with Gasteiger partial charge in [0.05, 0.1) is 31.3 Å². The molecule has 1 aliphatic heterocycles. The Balaban J connectivity index is 1.75. The van der Waals surface area contributed by atoms with Crippen molar-refractivity contribution in [3.8, 4) is 11.4 Å². The lowest BCUT2D eigenvalue weighted by molar-refractivity contribution is 0.122. The third kappa shape index (κ3) is 7.61. The molecule has 0 atom stereocenters. The van der Waals surface area contributed by atoms with E-state index in [2.05, 4.69) is 20.5 Å². The van der Waals surface area contributed by atoms with Gasteiger partial charge in [-0.25, -0.2) is 14.8 Å². The number of carbonyl (C=O) groups is 1. The number of hydrogen-bond acceptors (Lipinski definition) is 8. The first-order chi connectivity index (χ1) is 15.3. The molecule has 2 heterocycles. The van der Waals surface area contributed by atoms with Crippen LogP contribution in [0.1, 0.15) is 12.6 Å². The molecule has 4 N–H and O–H groups in total. The predicted molar refractivity (Wildman–Crippen MR) is 126 cm³/mol. The fourth-order valence-electron chi connectivity index (χ4n) is 3.18. The number of carbonyl (C=O) groups excluding carboxylic acids is 1. The zero-order valence-corrected chi connectivity index (χ0v) is 19.2. The molecule has 0 saturated carbocycles. The highest BCUT2D eigenvalue weighted by Gasteiger charge is 2.18. The summed E-state index contributed by atoms with van der Waals surface area (Å²) in [4.78, 5) is 23.3. The monoisotopic (exact) mass is 465 g/mol. The normalized spacial score (nSPS) is 14.8. The van der Waals surface area contributed by atoms with Crippen molar-refractivity contribution in [2.45, 2.75) is 12.7 Å². The van der Waals surface area contributed by atoms with Crippen molar-refractivity contribution >= 4 is 28.1 Å². The average molecular weight is 466 g/mol. The van der Waals surface area contributed by atoms with Gasteiger partial charge in [0.2, 0.25) is 0 Å². The van der Waals surface area contributed by atoms with Gasteiger partial charge in [-0.2, -0.15) is 10.6 Å². The minimum atomic E-state index is -2.75. The van der Waals surface area contributed by atoms with Crippen LogP contribution in [0.3, 0.4) is 0 Å². The Morgan fingerprint density at radius 1 is 1.22 bits per heavy atom. The Morgan fingerprint density at radius 3 is 2.59 bits per heavy atom. The number of urea groups is 1. The summed E-state index contributed by atoms with van der Waals surface area (Å²) in [5.41, 5.74) is 1.96. The SMILES string of the molecule is CCOCCNC(=O)Nc1ccc(-c2nc(CS(C)(O)O)cc(N3CCOCC3)n2)cc1. The molecule has 3 rings (SSSR count). The summed E-state index contributed by atoms with van der Waals surface area (Å²) in [6.45, 7) is 6.05. The van der Waals surface area contributed by atoms with Crippen LogP contribution in [0, 0.1) is 0 Å². The molecule has 32 heavy (non-hydrogen) atoms. The number of benzene rings is 1. The van der Waals surface area contributed by atoms with E-state index in [0.29, 0.717) is 63.3 Å². The molecule has 0 spiro atoms. The van der Waals surface area contributed by atoms with E-state index in [1.807, 2.05) is 19.1 Å². The maximum atomic E-state index is 12.0. The highest BCUT2D eigenvalue weighted by Crippen LogP contribution is 2.38. The number of amides is 2. The second-order valence-corrected chi connectivity index (χ2v) is 9.71. The van der Waals surface area contributed by atoms with Gasteiger partial charge >= 0.3 is 6.03 Å². The molecule has 11 heteroatoms. The predicted octanol–water partition coefficient (Wildman–Crippen LogP) is 3.02. The van der Waals surface area contributed by atoms with Gasteiger partial charge in [0.1, 0.15) is 5.82 Å². The van der Waals surface area contributed by atoms with Crippen molar-refractivity contribution in [3.05, 3.63) is 36.0 Å². The first kappa shape index (κ1) is 24.2. The van der Waals surface area contributed by atoms with E-state index in [0.717, 1.165) is 11.4 Å². The molecule has 0 unspecified atom stereocenters. The van der Waals surface area contributed by atoms with Crippen LogP contribution in [0.4, 0.5) is 16.3 Å². The fraction of sp³-hybridized carbons (Fsp3) is 0.476. The summed E-state index contributed by atoms with van der Waals surface area (Å²) in [6, 6.07) is 8.68. The first-order valence-electron chi connectivity index (χ1n) is 10.5. The molecular formula is C21H31N5O5S. The standard InChI is InChI=1S/C21H31N5O5S/c1-3-30-11-8-22-21(27)24-17-6-4-16(5-7-17)20-23-18(15-32(2,28)29)14-19(25-20)26-9-12-31-13-10-26/h4-7,14,28-29H,3,8-13,15H2,1-2H3,(H2,22,24,27). The lowest BCUT2D eigenvalue weighted by Gasteiger charge is -2.30. The Hall–Kier alpha value is -2.44. The van der Waals surface area contributed by atoms with E-state index >= 15 is 0 Å². The Bertz CT molecular complexity index is 885. The van der Waals surface area contributed by atoms with Gasteiger partial charge in [0.15, 0.2) is 5.82 Å². The van der Waals surface area contributed by atoms with E-state index in [-0.39, 0.29) is 11.8 Å². The molecular weight excluding hydrogens is 434 g/mol. The molecule has 1 aromatic carbocycles. The molecule has 0 aliphatic carbocycles. The molecule has 1 aliphatic rings. The van der Waals surface area contributed by atoms with Crippen LogP contribution >= 0.6 is 10.6 Å². The molecule has 176 valence electrons. The van der Waals surface area contributed by atoms with Gasteiger partial charge in [0, 0.05) is 49.8 Å². The van der Waals surface area contributed by atoms with Gasteiger partial charge in [0.25, 0.3) is 0 Å². The summed E-state index contributed by atoms with van der Waals surface area (Å²) in [7, 11) is -2.75. The van der Waals surface area contributed by atoms with Crippen LogP contribution in [0.2, 0.25) is 0 Å². The Kier molecular flexibility index (Phi) is 8.65. The van der Waals surface area contributed by atoms with Crippen molar-refractivity contribution in [1.82, 2.24) is 15.3 Å². The third-order valence-electron chi connectivity index (χ3n) is 4.66.